The fraction of sp³-hybridized carbons (Fsp3) is 0.214. The van der Waals surface area contributed by atoms with Gasteiger partial charge >= 0.3 is 0 Å². The molecular weight excluding hydrogens is 515 g/mol. The number of thiophene rings is 1. The SMILES string of the molecule is O=C(c1cccc(F)c1)N(CC(=O)N1CCc2sccc2[C@H]1COc1ccc(Cl)cc1)Cc1ccco1. The molecule has 0 radical (unpaired) electrons. The number of carbonyl (C=O) groups excluding carboxylic acids is 2. The molecule has 9 heteroatoms. The molecular formula is C28H24ClFN2O4S. The van der Waals surface area contributed by atoms with Crippen LogP contribution in [0.2, 0.25) is 5.02 Å². The zero-order valence-electron chi connectivity index (χ0n) is 19.8. The molecule has 3 heterocycles. The summed E-state index contributed by atoms with van der Waals surface area (Å²) in [7, 11) is 0. The highest BCUT2D eigenvalue weighted by Gasteiger charge is 2.34. The van der Waals surface area contributed by atoms with Crippen molar-refractivity contribution in [1.29, 1.82) is 0 Å². The number of hydrogen-bond donors (Lipinski definition) is 0. The predicted octanol–water partition coefficient (Wildman–Crippen LogP) is 5.98. The molecule has 0 N–H and O–H groups in total. The molecule has 0 bridgehead atoms. The van der Waals surface area contributed by atoms with Gasteiger partial charge in [0.05, 0.1) is 18.8 Å². The molecule has 0 saturated carbocycles. The van der Waals surface area contributed by atoms with Crippen LogP contribution in [0.5, 0.6) is 5.75 Å². The first kappa shape index (κ1) is 25.0. The number of carbonyl (C=O) groups is 2. The Labute approximate surface area is 222 Å². The number of hydrogen-bond acceptors (Lipinski definition) is 5. The largest absolute Gasteiger partial charge is 0.491 e. The van der Waals surface area contributed by atoms with Crippen LogP contribution in [-0.2, 0) is 17.8 Å². The van der Waals surface area contributed by atoms with Gasteiger partial charge in [0.15, 0.2) is 0 Å². The Bertz CT molecular complexity index is 1370. The van der Waals surface area contributed by atoms with E-state index in [-0.39, 0.29) is 37.2 Å². The number of rotatable bonds is 8. The summed E-state index contributed by atoms with van der Waals surface area (Å²) in [5.74, 6) is -0.0151. The number of furan rings is 1. The molecule has 190 valence electrons. The number of ether oxygens (including phenoxy) is 1. The van der Waals surface area contributed by atoms with Crippen molar-refractivity contribution in [2.24, 2.45) is 0 Å². The molecule has 1 atom stereocenters. The van der Waals surface area contributed by atoms with Gasteiger partial charge in [-0.05, 0) is 78.0 Å². The lowest BCUT2D eigenvalue weighted by Gasteiger charge is -2.37. The number of halogens is 2. The molecule has 6 nitrogen and oxygen atoms in total. The maximum absolute atomic E-state index is 13.8. The maximum atomic E-state index is 13.8. The number of fused-ring (bicyclic) bond motifs is 1. The van der Waals surface area contributed by atoms with Crippen molar-refractivity contribution in [1.82, 2.24) is 9.80 Å². The van der Waals surface area contributed by atoms with E-state index < -0.39 is 11.7 Å². The molecule has 2 aromatic carbocycles. The van der Waals surface area contributed by atoms with Crippen LogP contribution in [0.1, 0.15) is 32.6 Å². The van der Waals surface area contributed by atoms with Crippen molar-refractivity contribution < 1.29 is 23.1 Å². The summed E-state index contributed by atoms with van der Waals surface area (Å²) in [6.07, 6.45) is 2.24. The molecule has 1 aliphatic heterocycles. The highest BCUT2D eigenvalue weighted by molar-refractivity contribution is 7.10. The summed E-state index contributed by atoms with van der Waals surface area (Å²) >= 11 is 7.65. The topological polar surface area (TPSA) is 63.0 Å². The normalized spacial score (nSPS) is 14.8. The van der Waals surface area contributed by atoms with E-state index in [2.05, 4.69) is 0 Å². The lowest BCUT2D eigenvalue weighted by molar-refractivity contribution is -0.135. The number of nitrogens with zero attached hydrogens (tertiary/aromatic N) is 2. The van der Waals surface area contributed by atoms with Crippen molar-refractivity contribution in [3.8, 4) is 5.75 Å². The van der Waals surface area contributed by atoms with E-state index in [1.54, 1.807) is 52.6 Å². The van der Waals surface area contributed by atoms with E-state index in [0.29, 0.717) is 23.1 Å². The molecule has 0 aliphatic carbocycles. The second-order valence-electron chi connectivity index (χ2n) is 8.67. The molecule has 37 heavy (non-hydrogen) atoms. The van der Waals surface area contributed by atoms with Crippen LogP contribution in [0.25, 0.3) is 0 Å². The quantitative estimate of drug-likeness (QED) is 0.277. The standard InChI is InChI=1S/C28H24ClFN2O4S/c29-20-6-8-22(9-7-20)36-18-25-24-11-14-37-26(24)10-12-32(25)27(33)17-31(16-23-5-2-13-35-23)28(34)19-3-1-4-21(30)15-19/h1-9,11,13-15,25H,10,12,16-18H2/t25-/m1/s1. The second-order valence-corrected chi connectivity index (χ2v) is 10.1. The van der Waals surface area contributed by atoms with Gasteiger partial charge in [0.1, 0.15) is 30.5 Å². The molecule has 0 saturated heterocycles. The maximum Gasteiger partial charge on any atom is 0.254 e. The molecule has 2 amide bonds. The Morgan fingerprint density at radius 2 is 1.97 bits per heavy atom. The van der Waals surface area contributed by atoms with E-state index in [1.807, 2.05) is 11.4 Å². The van der Waals surface area contributed by atoms with Gasteiger partial charge < -0.3 is 19.0 Å². The van der Waals surface area contributed by atoms with Gasteiger partial charge in [-0.3, -0.25) is 9.59 Å². The highest BCUT2D eigenvalue weighted by Crippen LogP contribution is 2.34. The Morgan fingerprint density at radius 1 is 1.14 bits per heavy atom. The van der Waals surface area contributed by atoms with Crippen LogP contribution in [0.3, 0.4) is 0 Å². The van der Waals surface area contributed by atoms with Crippen LogP contribution in [0, 0.1) is 5.82 Å². The van der Waals surface area contributed by atoms with Gasteiger partial charge in [0, 0.05) is 22.0 Å². The Hall–Kier alpha value is -3.62. The first-order chi connectivity index (χ1) is 18.0. The zero-order valence-corrected chi connectivity index (χ0v) is 21.4. The van der Waals surface area contributed by atoms with Gasteiger partial charge in [0.2, 0.25) is 5.91 Å². The molecule has 0 spiro atoms. The second kappa shape index (κ2) is 11.2. The summed E-state index contributed by atoms with van der Waals surface area (Å²) in [5.41, 5.74) is 1.22. The zero-order chi connectivity index (χ0) is 25.8. The minimum Gasteiger partial charge on any atom is -0.491 e. The fourth-order valence-corrected chi connectivity index (χ4v) is 5.48. The van der Waals surface area contributed by atoms with Crippen LogP contribution in [0.4, 0.5) is 4.39 Å². The number of amides is 2. The van der Waals surface area contributed by atoms with Crippen LogP contribution >= 0.6 is 22.9 Å². The van der Waals surface area contributed by atoms with Crippen molar-refractivity contribution >= 4 is 34.8 Å². The minimum absolute atomic E-state index is 0.0809. The Morgan fingerprint density at radius 3 is 2.73 bits per heavy atom. The van der Waals surface area contributed by atoms with Gasteiger partial charge in [-0.25, -0.2) is 4.39 Å². The molecule has 4 aromatic rings. The van der Waals surface area contributed by atoms with E-state index in [1.165, 1.54) is 40.3 Å². The van der Waals surface area contributed by atoms with Crippen molar-refractivity contribution in [2.45, 2.75) is 19.0 Å². The number of benzene rings is 2. The van der Waals surface area contributed by atoms with Crippen LogP contribution < -0.4 is 4.74 Å². The van der Waals surface area contributed by atoms with Crippen molar-refractivity contribution in [3.63, 3.8) is 0 Å². The Balaban J connectivity index is 1.37. The van der Waals surface area contributed by atoms with Crippen molar-refractivity contribution in [3.05, 3.63) is 111 Å². The summed E-state index contributed by atoms with van der Waals surface area (Å²) in [5, 5.41) is 2.63. The van der Waals surface area contributed by atoms with E-state index in [4.69, 9.17) is 20.8 Å². The van der Waals surface area contributed by atoms with Crippen molar-refractivity contribution in [2.75, 3.05) is 19.7 Å². The van der Waals surface area contributed by atoms with Gasteiger partial charge in [-0.1, -0.05) is 17.7 Å². The summed E-state index contributed by atoms with van der Waals surface area (Å²) < 4.78 is 25.3. The molecule has 0 fully saturated rings. The van der Waals surface area contributed by atoms with Gasteiger partial charge in [0.25, 0.3) is 5.91 Å². The first-order valence-electron chi connectivity index (χ1n) is 11.8. The summed E-state index contributed by atoms with van der Waals surface area (Å²) in [6.45, 7) is 0.654. The smallest absolute Gasteiger partial charge is 0.254 e. The third-order valence-electron chi connectivity index (χ3n) is 6.25. The predicted molar refractivity (Wildman–Crippen MR) is 139 cm³/mol. The van der Waals surface area contributed by atoms with E-state index in [9.17, 15) is 14.0 Å². The van der Waals surface area contributed by atoms with Gasteiger partial charge in [-0.2, -0.15) is 0 Å². The minimum atomic E-state index is -0.518. The monoisotopic (exact) mass is 538 g/mol. The average Bonchev–Trinajstić information content (AvgIpc) is 3.59. The molecule has 0 unspecified atom stereocenters. The average molecular weight is 539 g/mol. The molecule has 1 aliphatic rings. The first-order valence-corrected chi connectivity index (χ1v) is 13.0. The summed E-state index contributed by atoms with van der Waals surface area (Å²) in [6, 6.07) is 17.7. The van der Waals surface area contributed by atoms with E-state index >= 15 is 0 Å². The lowest BCUT2D eigenvalue weighted by atomic mass is 10.0. The third-order valence-corrected chi connectivity index (χ3v) is 7.50. The highest BCUT2D eigenvalue weighted by atomic mass is 35.5. The third kappa shape index (κ3) is 5.87. The van der Waals surface area contributed by atoms with Gasteiger partial charge in [-0.15, -0.1) is 11.3 Å². The molecule has 5 rings (SSSR count). The van der Waals surface area contributed by atoms with Crippen LogP contribution in [-0.4, -0.2) is 41.3 Å². The Kier molecular flexibility index (Phi) is 7.58. The van der Waals surface area contributed by atoms with Crippen LogP contribution in [0.15, 0.2) is 82.8 Å². The molecule has 2 aromatic heterocycles. The van der Waals surface area contributed by atoms with E-state index in [0.717, 1.165) is 12.0 Å². The fourth-order valence-electron chi connectivity index (χ4n) is 4.43. The lowest BCUT2D eigenvalue weighted by Crippen LogP contribution is -2.47. The summed E-state index contributed by atoms with van der Waals surface area (Å²) in [4.78, 5) is 31.4.